The fourth-order valence-electron chi connectivity index (χ4n) is 0.907. The normalized spacial score (nSPS) is 9.00. The first-order valence-corrected chi connectivity index (χ1v) is 4.80. The maximum atomic E-state index is 5.56. The molecule has 2 N–H and O–H groups in total. The van der Waals surface area contributed by atoms with Crippen LogP contribution in [0.25, 0.3) is 0 Å². The lowest BCUT2D eigenvalue weighted by atomic mass is 10.2. The molecule has 0 unspecified atom stereocenters. The quantitative estimate of drug-likeness (QED) is 0.569. The maximum Gasteiger partial charge on any atom is 0.166 e. The fraction of sp³-hybridized carbons (Fsp3) is 0.300. The van der Waals surface area contributed by atoms with Crippen molar-refractivity contribution in [2.45, 2.75) is 6.42 Å². The number of nitrogen functional groups attached to an aromatic ring is 1. The van der Waals surface area contributed by atoms with Gasteiger partial charge in [0, 0.05) is 30.0 Å². The van der Waals surface area contributed by atoms with Crippen molar-refractivity contribution >= 4 is 18.4 Å². The summed E-state index contributed by atoms with van der Waals surface area (Å²) in [5.74, 6) is 7.61. The summed E-state index contributed by atoms with van der Waals surface area (Å²) in [6.07, 6.45) is 2.39. The molecule has 0 aliphatic carbocycles. The van der Waals surface area contributed by atoms with E-state index < -0.39 is 0 Å². The second kappa shape index (κ2) is 5.40. The predicted octanol–water partition coefficient (Wildman–Crippen LogP) is 1.34. The van der Waals surface area contributed by atoms with Gasteiger partial charge in [-0.25, -0.2) is 4.98 Å². The average molecular weight is 208 g/mol. The van der Waals surface area contributed by atoms with Crippen molar-refractivity contribution in [3.63, 3.8) is 0 Å². The molecule has 0 amide bonds. The first kappa shape index (κ1) is 10.7. The van der Waals surface area contributed by atoms with E-state index >= 15 is 0 Å². The standard InChI is InChI=1S/C10H12N2OS/c1-13-9-6-8(4-2-3-5-14)7-12-10(9)11/h6-7,14H,3,5H2,1H3,(H2,11,12). The van der Waals surface area contributed by atoms with Crippen LogP contribution in [0.2, 0.25) is 0 Å². The van der Waals surface area contributed by atoms with E-state index in [0.717, 1.165) is 17.7 Å². The molecule has 0 saturated heterocycles. The summed E-state index contributed by atoms with van der Waals surface area (Å²) in [5.41, 5.74) is 6.36. The Labute approximate surface area is 89.1 Å². The number of hydrogen-bond acceptors (Lipinski definition) is 4. The summed E-state index contributed by atoms with van der Waals surface area (Å²) in [6, 6.07) is 1.77. The number of thiol groups is 1. The Balaban J connectivity index is 2.86. The molecule has 0 spiro atoms. The molecule has 4 heteroatoms. The third-order valence-electron chi connectivity index (χ3n) is 1.57. The third kappa shape index (κ3) is 2.86. The zero-order valence-electron chi connectivity index (χ0n) is 7.95. The number of nitrogens with zero attached hydrogens (tertiary/aromatic N) is 1. The minimum atomic E-state index is 0.382. The third-order valence-corrected chi connectivity index (χ3v) is 1.79. The summed E-state index contributed by atoms with van der Waals surface area (Å²) in [4.78, 5) is 3.96. The van der Waals surface area contributed by atoms with E-state index in [0.29, 0.717) is 11.6 Å². The van der Waals surface area contributed by atoms with Gasteiger partial charge in [-0.05, 0) is 0 Å². The maximum absolute atomic E-state index is 5.56. The van der Waals surface area contributed by atoms with Crippen LogP contribution in [0.5, 0.6) is 5.75 Å². The highest BCUT2D eigenvalue weighted by atomic mass is 32.1. The molecule has 0 bridgehead atoms. The number of pyridine rings is 1. The van der Waals surface area contributed by atoms with Gasteiger partial charge in [0.05, 0.1) is 7.11 Å². The number of aromatic nitrogens is 1. The number of hydrogen-bond donors (Lipinski definition) is 2. The van der Waals surface area contributed by atoms with Crippen LogP contribution in [0.15, 0.2) is 12.3 Å². The summed E-state index contributed by atoms with van der Waals surface area (Å²) in [6.45, 7) is 0. The summed E-state index contributed by atoms with van der Waals surface area (Å²) >= 11 is 4.06. The van der Waals surface area contributed by atoms with Gasteiger partial charge in [0.15, 0.2) is 11.6 Å². The van der Waals surface area contributed by atoms with E-state index in [9.17, 15) is 0 Å². The SMILES string of the molecule is COc1cc(C#CCCS)cnc1N. The molecule has 0 radical (unpaired) electrons. The molecule has 0 aliphatic heterocycles. The summed E-state index contributed by atoms with van der Waals surface area (Å²) in [5, 5.41) is 0. The van der Waals surface area contributed by atoms with Crippen LogP contribution >= 0.6 is 12.6 Å². The minimum absolute atomic E-state index is 0.382. The fourth-order valence-corrected chi connectivity index (χ4v) is 1.02. The largest absolute Gasteiger partial charge is 0.493 e. The molecule has 1 aromatic heterocycles. The van der Waals surface area contributed by atoms with Gasteiger partial charge in [0.25, 0.3) is 0 Å². The molecule has 1 rings (SSSR count). The van der Waals surface area contributed by atoms with Crippen molar-refractivity contribution in [2.24, 2.45) is 0 Å². The molecule has 3 nitrogen and oxygen atoms in total. The van der Waals surface area contributed by atoms with E-state index in [1.54, 1.807) is 19.4 Å². The highest BCUT2D eigenvalue weighted by Gasteiger charge is 1.99. The lowest BCUT2D eigenvalue weighted by molar-refractivity contribution is 0.415. The van der Waals surface area contributed by atoms with Crippen molar-refractivity contribution < 1.29 is 4.74 Å². The van der Waals surface area contributed by atoms with Gasteiger partial charge in [-0.15, -0.1) is 0 Å². The van der Waals surface area contributed by atoms with E-state index in [4.69, 9.17) is 10.5 Å². The van der Waals surface area contributed by atoms with Gasteiger partial charge in [-0.1, -0.05) is 11.8 Å². The van der Waals surface area contributed by atoms with Crippen LogP contribution in [0.1, 0.15) is 12.0 Å². The van der Waals surface area contributed by atoms with E-state index in [2.05, 4.69) is 29.5 Å². The number of ether oxygens (including phenoxy) is 1. The Bertz CT molecular complexity index is 368. The number of rotatable bonds is 2. The van der Waals surface area contributed by atoms with Gasteiger partial charge < -0.3 is 10.5 Å². The van der Waals surface area contributed by atoms with Crippen LogP contribution in [0.4, 0.5) is 5.82 Å². The number of nitrogens with two attached hydrogens (primary N) is 1. The van der Waals surface area contributed by atoms with Crippen molar-refractivity contribution in [1.29, 1.82) is 0 Å². The van der Waals surface area contributed by atoms with Gasteiger partial charge >= 0.3 is 0 Å². The van der Waals surface area contributed by atoms with Gasteiger partial charge in [0.1, 0.15) is 0 Å². The van der Waals surface area contributed by atoms with Gasteiger partial charge in [0.2, 0.25) is 0 Å². The number of anilines is 1. The van der Waals surface area contributed by atoms with Crippen LogP contribution in [-0.2, 0) is 0 Å². The lowest BCUT2D eigenvalue weighted by Crippen LogP contribution is -1.95. The molecule has 1 aromatic rings. The molecule has 0 saturated carbocycles. The Morgan fingerprint density at radius 3 is 3.07 bits per heavy atom. The first-order chi connectivity index (χ1) is 6.77. The summed E-state index contributed by atoms with van der Waals surface area (Å²) in [7, 11) is 1.55. The van der Waals surface area contributed by atoms with Crippen molar-refractivity contribution in [1.82, 2.24) is 4.98 Å². The predicted molar refractivity (Wildman–Crippen MR) is 60.5 cm³/mol. The Morgan fingerprint density at radius 1 is 1.64 bits per heavy atom. The molecular formula is C10H12N2OS. The van der Waals surface area contributed by atoms with Gasteiger partial charge in [-0.3, -0.25) is 0 Å². The second-order valence-electron chi connectivity index (χ2n) is 2.59. The first-order valence-electron chi connectivity index (χ1n) is 4.17. The molecular weight excluding hydrogens is 196 g/mol. The Kier molecular flexibility index (Phi) is 4.14. The molecule has 14 heavy (non-hydrogen) atoms. The molecule has 0 fully saturated rings. The topological polar surface area (TPSA) is 48.1 Å². The van der Waals surface area contributed by atoms with E-state index in [-0.39, 0.29) is 0 Å². The zero-order valence-corrected chi connectivity index (χ0v) is 8.84. The van der Waals surface area contributed by atoms with Crippen molar-refractivity contribution in [3.05, 3.63) is 17.8 Å². The monoisotopic (exact) mass is 208 g/mol. The second-order valence-corrected chi connectivity index (χ2v) is 3.03. The highest BCUT2D eigenvalue weighted by Crippen LogP contribution is 2.18. The van der Waals surface area contributed by atoms with Crippen LogP contribution < -0.4 is 10.5 Å². The lowest BCUT2D eigenvalue weighted by Gasteiger charge is -2.02. The highest BCUT2D eigenvalue weighted by molar-refractivity contribution is 7.80. The average Bonchev–Trinajstić information content (AvgIpc) is 2.21. The van der Waals surface area contributed by atoms with E-state index in [1.807, 2.05) is 0 Å². The van der Waals surface area contributed by atoms with Gasteiger partial charge in [-0.2, -0.15) is 12.6 Å². The minimum Gasteiger partial charge on any atom is -0.493 e. The smallest absolute Gasteiger partial charge is 0.166 e. The van der Waals surface area contributed by atoms with E-state index in [1.165, 1.54) is 0 Å². The molecule has 1 heterocycles. The van der Waals surface area contributed by atoms with Crippen LogP contribution in [-0.4, -0.2) is 17.8 Å². The van der Waals surface area contributed by atoms with Crippen LogP contribution in [0.3, 0.4) is 0 Å². The van der Waals surface area contributed by atoms with Crippen molar-refractivity contribution in [3.8, 4) is 17.6 Å². The molecule has 74 valence electrons. The molecule has 0 aliphatic rings. The molecule has 0 aromatic carbocycles. The van der Waals surface area contributed by atoms with Crippen molar-refractivity contribution in [2.75, 3.05) is 18.6 Å². The zero-order chi connectivity index (χ0) is 10.4. The Hall–Kier alpha value is -1.34. The summed E-state index contributed by atoms with van der Waals surface area (Å²) < 4.78 is 5.02. The molecule has 0 atom stereocenters. The number of methoxy groups -OCH3 is 1. The van der Waals surface area contributed by atoms with Crippen LogP contribution in [0, 0.1) is 11.8 Å². The Morgan fingerprint density at radius 2 is 2.43 bits per heavy atom.